The second-order valence-electron chi connectivity index (χ2n) is 5.98. The number of carboxylic acids is 1. The molecule has 2 aromatic carbocycles. The van der Waals surface area contributed by atoms with Gasteiger partial charge in [-0.3, -0.25) is 0 Å². The lowest BCUT2D eigenvalue weighted by Gasteiger charge is -2.15. The van der Waals surface area contributed by atoms with Crippen LogP contribution in [-0.4, -0.2) is 23.2 Å². The highest BCUT2D eigenvalue weighted by Crippen LogP contribution is 2.24. The molecule has 5 nitrogen and oxygen atoms in total. The van der Waals surface area contributed by atoms with Gasteiger partial charge in [0.25, 0.3) is 0 Å². The summed E-state index contributed by atoms with van der Waals surface area (Å²) in [5.74, 6) is -1.10. The SMILES string of the molecule is O=C(NC(Cc1ccc(-c2cccs2)cc1)C(=O)O)OCc1ccccc1. The number of hydrogen-bond donors (Lipinski definition) is 2. The Hall–Kier alpha value is -3.12. The van der Waals surface area contributed by atoms with E-state index in [1.54, 1.807) is 11.3 Å². The molecule has 1 atom stereocenters. The zero-order valence-corrected chi connectivity index (χ0v) is 15.3. The molecule has 6 heteroatoms. The molecule has 0 saturated heterocycles. The highest BCUT2D eigenvalue weighted by molar-refractivity contribution is 7.13. The van der Waals surface area contributed by atoms with Crippen molar-refractivity contribution in [3.8, 4) is 10.4 Å². The first-order valence-electron chi connectivity index (χ1n) is 8.44. The molecule has 3 aromatic rings. The van der Waals surface area contributed by atoms with Crippen LogP contribution < -0.4 is 5.32 Å². The van der Waals surface area contributed by atoms with Gasteiger partial charge in [-0.15, -0.1) is 11.3 Å². The van der Waals surface area contributed by atoms with Gasteiger partial charge in [-0.1, -0.05) is 60.7 Å². The van der Waals surface area contributed by atoms with E-state index in [-0.39, 0.29) is 13.0 Å². The average Bonchev–Trinajstić information content (AvgIpc) is 3.22. The first kappa shape index (κ1) is 18.7. The lowest BCUT2D eigenvalue weighted by molar-refractivity contribution is -0.139. The van der Waals surface area contributed by atoms with Gasteiger partial charge in [-0.25, -0.2) is 9.59 Å². The van der Waals surface area contributed by atoms with E-state index in [1.807, 2.05) is 72.1 Å². The van der Waals surface area contributed by atoms with Crippen molar-refractivity contribution in [2.45, 2.75) is 19.1 Å². The van der Waals surface area contributed by atoms with E-state index >= 15 is 0 Å². The van der Waals surface area contributed by atoms with Crippen LogP contribution in [0.2, 0.25) is 0 Å². The highest BCUT2D eigenvalue weighted by Gasteiger charge is 2.21. The molecule has 1 unspecified atom stereocenters. The summed E-state index contributed by atoms with van der Waals surface area (Å²) in [4.78, 5) is 24.6. The van der Waals surface area contributed by atoms with Crippen LogP contribution in [0.3, 0.4) is 0 Å². The Bertz CT molecular complexity index is 876. The van der Waals surface area contributed by atoms with Crippen molar-refractivity contribution in [2.24, 2.45) is 0 Å². The second-order valence-corrected chi connectivity index (χ2v) is 6.92. The van der Waals surface area contributed by atoms with E-state index < -0.39 is 18.1 Å². The third-order valence-corrected chi connectivity index (χ3v) is 4.92. The molecular formula is C21H19NO4S. The van der Waals surface area contributed by atoms with Crippen LogP contribution >= 0.6 is 11.3 Å². The maximum Gasteiger partial charge on any atom is 0.408 e. The molecule has 0 aliphatic carbocycles. The number of benzene rings is 2. The number of carbonyl (C=O) groups is 2. The minimum Gasteiger partial charge on any atom is -0.480 e. The van der Waals surface area contributed by atoms with Crippen molar-refractivity contribution in [3.05, 3.63) is 83.2 Å². The number of aliphatic carboxylic acids is 1. The Morgan fingerprint density at radius 2 is 1.70 bits per heavy atom. The summed E-state index contributed by atoms with van der Waals surface area (Å²) < 4.78 is 5.10. The number of nitrogens with one attached hydrogen (secondary N) is 1. The lowest BCUT2D eigenvalue weighted by atomic mass is 10.0. The molecule has 0 aliphatic heterocycles. The van der Waals surface area contributed by atoms with Crippen molar-refractivity contribution in [3.63, 3.8) is 0 Å². The van der Waals surface area contributed by atoms with Crippen molar-refractivity contribution in [2.75, 3.05) is 0 Å². The first-order valence-corrected chi connectivity index (χ1v) is 9.32. The van der Waals surface area contributed by atoms with Gasteiger partial charge in [0.15, 0.2) is 0 Å². The molecule has 0 fully saturated rings. The minimum absolute atomic E-state index is 0.0918. The van der Waals surface area contributed by atoms with Crippen LogP contribution in [0.25, 0.3) is 10.4 Å². The van der Waals surface area contributed by atoms with E-state index in [4.69, 9.17) is 4.74 Å². The Balaban J connectivity index is 1.57. The molecule has 1 aromatic heterocycles. The molecule has 3 rings (SSSR count). The number of amides is 1. The number of hydrogen-bond acceptors (Lipinski definition) is 4. The zero-order valence-electron chi connectivity index (χ0n) is 14.5. The van der Waals surface area contributed by atoms with Gasteiger partial charge >= 0.3 is 12.1 Å². The number of alkyl carbamates (subject to hydrolysis) is 1. The average molecular weight is 381 g/mol. The zero-order chi connectivity index (χ0) is 19.1. The molecule has 0 bridgehead atoms. The largest absolute Gasteiger partial charge is 0.480 e. The molecule has 0 spiro atoms. The van der Waals surface area contributed by atoms with E-state index in [0.29, 0.717) is 0 Å². The molecule has 1 amide bonds. The number of thiophene rings is 1. The Morgan fingerprint density at radius 1 is 0.963 bits per heavy atom. The van der Waals surface area contributed by atoms with Crippen molar-refractivity contribution < 1.29 is 19.4 Å². The monoisotopic (exact) mass is 381 g/mol. The summed E-state index contributed by atoms with van der Waals surface area (Å²) in [7, 11) is 0. The molecular weight excluding hydrogens is 362 g/mol. The summed E-state index contributed by atoms with van der Waals surface area (Å²) in [5, 5.41) is 13.8. The van der Waals surface area contributed by atoms with Crippen molar-refractivity contribution >= 4 is 23.4 Å². The van der Waals surface area contributed by atoms with Crippen LogP contribution in [0.15, 0.2) is 72.1 Å². The summed E-state index contributed by atoms with van der Waals surface area (Å²) in [6.45, 7) is 0.0918. The van der Waals surface area contributed by atoms with Gasteiger partial charge in [-0.05, 0) is 28.1 Å². The molecule has 0 saturated carbocycles. The van der Waals surface area contributed by atoms with Gasteiger partial charge in [0, 0.05) is 11.3 Å². The first-order chi connectivity index (χ1) is 13.1. The van der Waals surface area contributed by atoms with Gasteiger partial charge in [0.05, 0.1) is 0 Å². The predicted molar refractivity (Wildman–Crippen MR) is 105 cm³/mol. The normalized spacial score (nSPS) is 11.6. The van der Waals surface area contributed by atoms with Gasteiger partial charge < -0.3 is 15.2 Å². The highest BCUT2D eigenvalue weighted by atomic mass is 32.1. The van der Waals surface area contributed by atoms with Crippen LogP contribution in [-0.2, 0) is 22.6 Å². The van der Waals surface area contributed by atoms with E-state index in [9.17, 15) is 14.7 Å². The van der Waals surface area contributed by atoms with E-state index in [0.717, 1.165) is 21.6 Å². The third-order valence-electron chi connectivity index (χ3n) is 4.00. The second kappa shape index (κ2) is 9.00. The number of carboxylic acid groups (broad SMARTS) is 1. The maximum atomic E-state index is 11.9. The van der Waals surface area contributed by atoms with E-state index in [2.05, 4.69) is 5.32 Å². The third kappa shape index (κ3) is 5.43. The number of ether oxygens (including phenoxy) is 1. The molecule has 0 radical (unpaired) electrons. The fourth-order valence-corrected chi connectivity index (χ4v) is 3.32. The van der Waals surface area contributed by atoms with Crippen LogP contribution in [0, 0.1) is 0 Å². The number of carbonyl (C=O) groups excluding carboxylic acids is 1. The van der Waals surface area contributed by atoms with Crippen LogP contribution in [0.4, 0.5) is 4.79 Å². The summed E-state index contributed by atoms with van der Waals surface area (Å²) >= 11 is 1.65. The van der Waals surface area contributed by atoms with Gasteiger partial charge in [0.2, 0.25) is 0 Å². The van der Waals surface area contributed by atoms with Crippen molar-refractivity contribution in [1.82, 2.24) is 5.32 Å². The fraction of sp³-hybridized carbons (Fsp3) is 0.143. The molecule has 138 valence electrons. The Kier molecular flexibility index (Phi) is 6.22. The minimum atomic E-state index is -1.10. The van der Waals surface area contributed by atoms with Crippen LogP contribution in [0.1, 0.15) is 11.1 Å². The number of rotatable bonds is 7. The van der Waals surface area contributed by atoms with E-state index in [1.165, 1.54) is 0 Å². The summed E-state index contributed by atoms with van der Waals surface area (Å²) in [6, 6.07) is 19.8. The predicted octanol–water partition coefficient (Wildman–Crippen LogP) is 4.34. The fourth-order valence-electron chi connectivity index (χ4n) is 2.59. The topological polar surface area (TPSA) is 75.6 Å². The van der Waals surface area contributed by atoms with Gasteiger partial charge in [0.1, 0.15) is 12.6 Å². The van der Waals surface area contributed by atoms with Crippen molar-refractivity contribution in [1.29, 1.82) is 0 Å². The summed E-state index contributed by atoms with van der Waals surface area (Å²) in [5.41, 5.74) is 2.74. The molecule has 1 heterocycles. The quantitative estimate of drug-likeness (QED) is 0.638. The Morgan fingerprint density at radius 3 is 2.33 bits per heavy atom. The lowest BCUT2D eigenvalue weighted by Crippen LogP contribution is -2.42. The molecule has 0 aliphatic rings. The van der Waals surface area contributed by atoms with Crippen LogP contribution in [0.5, 0.6) is 0 Å². The summed E-state index contributed by atoms with van der Waals surface area (Å²) in [6.07, 6.45) is -0.568. The molecule has 2 N–H and O–H groups in total. The standard InChI is InChI=1S/C21H19NO4S/c23-20(24)18(22-21(25)26-14-16-5-2-1-3-6-16)13-15-8-10-17(11-9-15)19-7-4-12-27-19/h1-12,18H,13-14H2,(H,22,25)(H,23,24). The Labute approximate surface area is 161 Å². The maximum absolute atomic E-state index is 11.9. The smallest absolute Gasteiger partial charge is 0.408 e. The van der Waals surface area contributed by atoms with Gasteiger partial charge in [-0.2, -0.15) is 0 Å². The molecule has 27 heavy (non-hydrogen) atoms.